The molecule has 0 aromatic heterocycles. The molecule has 1 aliphatic carbocycles. The predicted molar refractivity (Wildman–Crippen MR) is 77.8 cm³/mol. The molecule has 18 heavy (non-hydrogen) atoms. The predicted octanol–water partition coefficient (Wildman–Crippen LogP) is 1.40. The van der Waals surface area contributed by atoms with E-state index < -0.39 is 12.2 Å². The number of aliphatic hydroxyl groups is 2. The van der Waals surface area contributed by atoms with Gasteiger partial charge in [0.1, 0.15) is 0 Å². The Labute approximate surface area is 134 Å². The monoisotopic (exact) mass is 267 g/mol. The molecule has 0 unspecified atom stereocenters. The minimum atomic E-state index is -0.765. The molecule has 4 N–H and O–H groups in total. The van der Waals surface area contributed by atoms with Gasteiger partial charge in [0.15, 0.2) is 0 Å². The topological polar surface area (TPSA) is 66.5 Å². The first kappa shape index (κ1) is 18.9. The molecule has 1 rings (SSSR count). The zero-order chi connectivity index (χ0) is 12.8. The molecule has 0 radical (unpaired) electrons. The Kier molecular flexibility index (Phi) is 10.2. The van der Waals surface area contributed by atoms with E-state index in [1.807, 2.05) is 13.8 Å². The van der Waals surface area contributed by atoms with Crippen LogP contribution in [0.1, 0.15) is 58.8 Å². The van der Waals surface area contributed by atoms with Crippen molar-refractivity contribution in [3.05, 3.63) is 0 Å². The van der Waals surface area contributed by atoms with Crippen molar-refractivity contribution >= 4 is 29.6 Å². The normalized spacial score (nSPS) is 22.3. The van der Waals surface area contributed by atoms with Crippen molar-refractivity contribution in [2.24, 2.45) is 17.6 Å². The Morgan fingerprint density at radius 3 is 2.17 bits per heavy atom. The van der Waals surface area contributed by atoms with E-state index in [1.54, 1.807) is 0 Å². The molecule has 3 atom stereocenters. The zero-order valence-electron chi connectivity index (χ0n) is 11.3. The molecule has 0 amide bonds. The van der Waals surface area contributed by atoms with E-state index in [4.69, 9.17) is 5.73 Å². The van der Waals surface area contributed by atoms with E-state index in [2.05, 4.69) is 0 Å². The van der Waals surface area contributed by atoms with Crippen molar-refractivity contribution in [1.29, 1.82) is 0 Å². The second kappa shape index (κ2) is 9.73. The maximum absolute atomic E-state index is 9.99. The Balaban J connectivity index is 0.00000289. The van der Waals surface area contributed by atoms with Gasteiger partial charge in [-0.1, -0.05) is 46.0 Å². The number of hydrogen-bond acceptors (Lipinski definition) is 3. The van der Waals surface area contributed by atoms with E-state index in [1.165, 1.54) is 32.1 Å². The van der Waals surface area contributed by atoms with Crippen LogP contribution in [0.4, 0.5) is 0 Å². The van der Waals surface area contributed by atoms with Gasteiger partial charge in [0.05, 0.1) is 12.2 Å². The maximum atomic E-state index is 9.99. The average molecular weight is 267 g/mol. The number of hydrogen-bond donors (Lipinski definition) is 3. The molecule has 0 bridgehead atoms. The first-order valence-electron chi connectivity index (χ1n) is 7.12. The summed E-state index contributed by atoms with van der Waals surface area (Å²) in [5.41, 5.74) is 6.01. The van der Waals surface area contributed by atoms with Crippen LogP contribution in [0, 0.1) is 11.8 Å². The summed E-state index contributed by atoms with van der Waals surface area (Å²) in [5.74, 6) is 1.04. The molecule has 0 saturated heterocycles. The van der Waals surface area contributed by atoms with E-state index >= 15 is 0 Å². The SMILES string of the molecule is CC(C)C[C@H](O)[C@H](O)[C@@H](N)CC1CCCCC1.[NaH]. The molecule has 0 heterocycles. The van der Waals surface area contributed by atoms with Gasteiger partial charge in [-0.2, -0.15) is 0 Å². The van der Waals surface area contributed by atoms with Gasteiger partial charge in [0.25, 0.3) is 0 Å². The Morgan fingerprint density at radius 1 is 1.11 bits per heavy atom. The van der Waals surface area contributed by atoms with Crippen molar-refractivity contribution in [3.8, 4) is 0 Å². The molecule has 4 heteroatoms. The molecule has 0 aromatic rings. The fourth-order valence-electron chi connectivity index (χ4n) is 2.85. The molecular weight excluding hydrogens is 237 g/mol. The van der Waals surface area contributed by atoms with Gasteiger partial charge >= 0.3 is 29.6 Å². The van der Waals surface area contributed by atoms with Crippen LogP contribution in [0.15, 0.2) is 0 Å². The third-order valence-electron chi connectivity index (χ3n) is 3.88. The van der Waals surface area contributed by atoms with Gasteiger partial charge in [-0.25, -0.2) is 0 Å². The zero-order valence-corrected chi connectivity index (χ0v) is 11.3. The molecule has 0 aliphatic heterocycles. The summed E-state index contributed by atoms with van der Waals surface area (Å²) in [6.45, 7) is 4.09. The van der Waals surface area contributed by atoms with Crippen LogP contribution in [0.5, 0.6) is 0 Å². The van der Waals surface area contributed by atoms with Gasteiger partial charge in [-0.05, 0) is 24.7 Å². The van der Waals surface area contributed by atoms with Crippen molar-refractivity contribution in [2.75, 3.05) is 0 Å². The fourth-order valence-corrected chi connectivity index (χ4v) is 2.85. The van der Waals surface area contributed by atoms with Gasteiger partial charge in [0.2, 0.25) is 0 Å². The van der Waals surface area contributed by atoms with Gasteiger partial charge in [0, 0.05) is 6.04 Å². The molecule has 104 valence electrons. The van der Waals surface area contributed by atoms with Crippen molar-refractivity contribution in [3.63, 3.8) is 0 Å². The second-order valence-corrected chi connectivity index (χ2v) is 6.09. The number of rotatable bonds is 6. The fraction of sp³-hybridized carbons (Fsp3) is 1.00. The molecule has 1 saturated carbocycles. The van der Waals surface area contributed by atoms with Crippen molar-refractivity contribution < 1.29 is 10.2 Å². The minimum absolute atomic E-state index is 0. The quantitative estimate of drug-likeness (QED) is 0.637. The first-order chi connectivity index (χ1) is 8.00. The summed E-state index contributed by atoms with van der Waals surface area (Å²) in [5, 5.41) is 19.8. The van der Waals surface area contributed by atoms with Crippen LogP contribution in [0.3, 0.4) is 0 Å². The van der Waals surface area contributed by atoms with E-state index in [0.717, 1.165) is 6.42 Å². The van der Waals surface area contributed by atoms with Crippen molar-refractivity contribution in [2.45, 2.75) is 77.0 Å². The third-order valence-corrected chi connectivity index (χ3v) is 3.88. The molecule has 0 spiro atoms. The van der Waals surface area contributed by atoms with Crippen LogP contribution in [0.25, 0.3) is 0 Å². The summed E-state index contributed by atoms with van der Waals surface area (Å²) < 4.78 is 0. The second-order valence-electron chi connectivity index (χ2n) is 6.09. The van der Waals surface area contributed by atoms with Crippen LogP contribution >= 0.6 is 0 Å². The van der Waals surface area contributed by atoms with Crippen molar-refractivity contribution in [1.82, 2.24) is 0 Å². The average Bonchev–Trinajstić information content (AvgIpc) is 2.28. The molecule has 3 nitrogen and oxygen atoms in total. The molecule has 1 aliphatic rings. The van der Waals surface area contributed by atoms with Gasteiger partial charge in [-0.15, -0.1) is 0 Å². The van der Waals surface area contributed by atoms with Crippen LogP contribution in [0.2, 0.25) is 0 Å². The Bertz CT molecular complexity index is 208. The van der Waals surface area contributed by atoms with E-state index in [0.29, 0.717) is 18.3 Å². The summed E-state index contributed by atoms with van der Waals surface area (Å²) in [4.78, 5) is 0. The Hall–Kier alpha value is 0.880. The summed E-state index contributed by atoms with van der Waals surface area (Å²) in [6.07, 6.45) is 6.44. The molecule has 1 fully saturated rings. The molecule has 0 aromatic carbocycles. The summed E-state index contributed by atoms with van der Waals surface area (Å²) in [7, 11) is 0. The van der Waals surface area contributed by atoms with Gasteiger partial charge < -0.3 is 15.9 Å². The van der Waals surface area contributed by atoms with Crippen LogP contribution in [-0.4, -0.2) is 58.0 Å². The summed E-state index contributed by atoms with van der Waals surface area (Å²) in [6, 6.07) is -0.271. The number of nitrogens with two attached hydrogens (primary N) is 1. The van der Waals surface area contributed by atoms with E-state index in [9.17, 15) is 10.2 Å². The van der Waals surface area contributed by atoms with E-state index in [-0.39, 0.29) is 35.6 Å². The first-order valence-corrected chi connectivity index (χ1v) is 7.12. The summed E-state index contributed by atoms with van der Waals surface area (Å²) >= 11 is 0. The van der Waals surface area contributed by atoms with Gasteiger partial charge in [-0.3, -0.25) is 0 Å². The van der Waals surface area contributed by atoms with Crippen LogP contribution < -0.4 is 5.73 Å². The Morgan fingerprint density at radius 2 is 1.67 bits per heavy atom. The van der Waals surface area contributed by atoms with Crippen LogP contribution in [-0.2, 0) is 0 Å². The number of aliphatic hydroxyl groups excluding tert-OH is 2. The molecular formula is C14H30NNaO2. The third kappa shape index (κ3) is 6.88. The standard InChI is InChI=1S/C14H29NO2.Na.H/c1-10(2)8-13(16)14(17)12(15)9-11-6-4-3-5-7-11;;/h10-14,16-17H,3-9,15H2,1-2H3;;/t12-,13-,14+;;/m0../s1.